The van der Waals surface area contributed by atoms with E-state index in [-0.39, 0.29) is 208 Å². The quantitative estimate of drug-likeness (QED) is 0.359. The first-order chi connectivity index (χ1) is 6.43. The first kappa shape index (κ1) is 39.5. The van der Waals surface area contributed by atoms with Gasteiger partial charge in [0, 0.05) is 0 Å². The average Bonchev–Trinajstić information content (AvgIpc) is 2.02. The standard InChI is InChI=1S/C9H8O5.BrH.HI.2K.2Na.4H/c1-4-2-7(10)6(9(13)14)3-5(4)8(11)12;;;;;;;;;;/h2-3,10H,1H3,(H,11,12)(H,13,14);2*1H;;;;;;;;. The Kier molecular flexibility index (Phi) is 39.0. The maximum atomic E-state index is 10.6. The minimum atomic E-state index is -1.36. The molecule has 0 radical (unpaired) electrons. The van der Waals surface area contributed by atoms with Gasteiger partial charge >= 0.3 is 174 Å². The van der Waals surface area contributed by atoms with Gasteiger partial charge in [0.1, 0.15) is 11.3 Å². The summed E-state index contributed by atoms with van der Waals surface area (Å²) in [5.41, 5.74) is -0.215. The summed E-state index contributed by atoms with van der Waals surface area (Å²) in [6.45, 7) is 1.48. The summed E-state index contributed by atoms with van der Waals surface area (Å²) in [6, 6.07) is 2.06. The monoisotopic (exact) mass is 532 g/mol. The Hall–Kier alpha value is 4.44. The SMILES string of the molecule is Br.Cc1cc(O)c(C(=O)O)cc1C(=O)O.I.[KH].[KH].[NaH].[NaH]. The summed E-state index contributed by atoms with van der Waals surface area (Å²) < 4.78 is 0. The Balaban J connectivity index is -0.0000000817. The second-order valence-corrected chi connectivity index (χ2v) is 2.79. The van der Waals surface area contributed by atoms with E-state index in [2.05, 4.69) is 0 Å². The molecule has 0 atom stereocenters. The summed E-state index contributed by atoms with van der Waals surface area (Å²) in [5, 5.41) is 26.5. The van der Waals surface area contributed by atoms with Crippen molar-refractivity contribution in [1.29, 1.82) is 0 Å². The van der Waals surface area contributed by atoms with Gasteiger partial charge in [-0.3, -0.25) is 0 Å². The Morgan fingerprint density at radius 1 is 0.950 bits per heavy atom. The molecule has 0 fully saturated rings. The van der Waals surface area contributed by atoms with E-state index in [0.29, 0.717) is 5.56 Å². The number of hydrogen-bond acceptors (Lipinski definition) is 3. The number of phenols is 1. The summed E-state index contributed by atoms with van der Waals surface area (Å²) >= 11 is 0. The van der Waals surface area contributed by atoms with Gasteiger partial charge in [-0.1, -0.05) is 0 Å². The fourth-order valence-corrected chi connectivity index (χ4v) is 1.09. The van der Waals surface area contributed by atoms with Crippen molar-refractivity contribution in [2.24, 2.45) is 0 Å². The third-order valence-corrected chi connectivity index (χ3v) is 1.80. The molecule has 0 saturated carbocycles. The van der Waals surface area contributed by atoms with E-state index >= 15 is 0 Å². The molecular formula is C9H14BrIK2Na2O5. The first-order valence-corrected chi connectivity index (χ1v) is 3.73. The zero-order chi connectivity index (χ0) is 10.9. The Labute approximate surface area is 274 Å². The summed E-state index contributed by atoms with van der Waals surface area (Å²) in [4.78, 5) is 21.2. The van der Waals surface area contributed by atoms with Crippen LogP contribution in [0.15, 0.2) is 12.1 Å². The fraction of sp³-hybridized carbons (Fsp3) is 0.111. The van der Waals surface area contributed by atoms with Crippen LogP contribution in [-0.2, 0) is 0 Å². The molecule has 0 aliphatic heterocycles. The molecule has 0 spiro atoms. The maximum absolute atomic E-state index is 10.6. The van der Waals surface area contributed by atoms with Crippen molar-refractivity contribution in [2.75, 3.05) is 0 Å². The van der Waals surface area contributed by atoms with Crippen LogP contribution < -0.4 is 0 Å². The van der Waals surface area contributed by atoms with Crippen LogP contribution in [0.2, 0.25) is 0 Å². The van der Waals surface area contributed by atoms with Crippen molar-refractivity contribution in [3.63, 3.8) is 0 Å². The van der Waals surface area contributed by atoms with Gasteiger partial charge in [-0.2, -0.15) is 0 Å². The van der Waals surface area contributed by atoms with Crippen LogP contribution in [0.1, 0.15) is 26.3 Å². The van der Waals surface area contributed by atoms with Gasteiger partial charge in [-0.25, -0.2) is 9.59 Å². The van der Waals surface area contributed by atoms with Crippen LogP contribution in [0.25, 0.3) is 0 Å². The Bertz CT molecular complexity index is 402. The fourth-order valence-electron chi connectivity index (χ4n) is 1.09. The predicted molar refractivity (Wildman–Crippen MR) is 101 cm³/mol. The van der Waals surface area contributed by atoms with Crippen LogP contribution in [0.5, 0.6) is 5.75 Å². The van der Waals surface area contributed by atoms with Crippen LogP contribution in [0.3, 0.4) is 0 Å². The van der Waals surface area contributed by atoms with E-state index in [1.165, 1.54) is 6.92 Å². The topological polar surface area (TPSA) is 94.8 Å². The Morgan fingerprint density at radius 3 is 1.60 bits per heavy atom. The summed E-state index contributed by atoms with van der Waals surface area (Å²) in [6.07, 6.45) is 0. The zero-order valence-corrected chi connectivity index (χ0v) is 12.2. The predicted octanol–water partition coefficient (Wildman–Crippen LogP) is -0.301. The number of benzene rings is 1. The Morgan fingerprint density at radius 2 is 1.30 bits per heavy atom. The molecule has 0 bridgehead atoms. The number of aromatic carboxylic acids is 2. The van der Waals surface area contributed by atoms with Gasteiger partial charge in [0.05, 0.1) is 5.56 Å². The van der Waals surface area contributed by atoms with Crippen LogP contribution in [0.4, 0.5) is 0 Å². The number of carbonyl (C=O) groups is 2. The third-order valence-electron chi connectivity index (χ3n) is 1.80. The molecule has 98 valence electrons. The normalized spacial score (nSPS) is 6.85. The van der Waals surface area contributed by atoms with E-state index in [1.54, 1.807) is 0 Å². The molecule has 0 heterocycles. The number of hydrogen-bond donors (Lipinski definition) is 3. The second-order valence-electron chi connectivity index (χ2n) is 2.79. The third kappa shape index (κ3) is 12.8. The van der Waals surface area contributed by atoms with E-state index in [1.807, 2.05) is 0 Å². The minimum absolute atomic E-state index is 0. The second kappa shape index (κ2) is 19.8. The van der Waals surface area contributed by atoms with Crippen LogP contribution in [0, 0.1) is 6.92 Å². The molecule has 1 rings (SSSR count). The molecule has 0 aliphatic rings. The van der Waals surface area contributed by atoms with Gasteiger partial charge in [0.2, 0.25) is 0 Å². The number of carboxylic acids is 2. The van der Waals surface area contributed by atoms with Crippen LogP contribution in [-0.4, -0.2) is 189 Å². The zero-order valence-electron chi connectivity index (χ0n) is 8.13. The van der Waals surface area contributed by atoms with E-state index in [9.17, 15) is 14.7 Å². The molecule has 0 aromatic heterocycles. The van der Waals surface area contributed by atoms with Crippen molar-refractivity contribution < 1.29 is 24.9 Å². The molecule has 0 amide bonds. The molecule has 1 aromatic carbocycles. The van der Waals surface area contributed by atoms with Gasteiger partial charge in [0.25, 0.3) is 0 Å². The number of carboxylic acid groups (broad SMARTS) is 2. The molecular weight excluding hydrogens is 519 g/mol. The molecule has 20 heavy (non-hydrogen) atoms. The first-order valence-electron chi connectivity index (χ1n) is 3.73. The molecule has 5 nitrogen and oxygen atoms in total. The summed E-state index contributed by atoms with van der Waals surface area (Å²) in [5.74, 6) is -3.00. The van der Waals surface area contributed by atoms with Crippen molar-refractivity contribution in [1.82, 2.24) is 0 Å². The molecule has 11 heteroatoms. The molecule has 0 unspecified atom stereocenters. The van der Waals surface area contributed by atoms with E-state index in [4.69, 9.17) is 10.2 Å². The van der Waals surface area contributed by atoms with E-state index in [0.717, 1.165) is 12.1 Å². The number of aryl methyl sites for hydroxylation is 1. The van der Waals surface area contributed by atoms with Crippen molar-refractivity contribution in [3.05, 3.63) is 28.8 Å². The van der Waals surface area contributed by atoms with Gasteiger partial charge in [-0.05, 0) is 24.6 Å². The molecule has 3 N–H and O–H groups in total. The average molecular weight is 533 g/mol. The van der Waals surface area contributed by atoms with Crippen LogP contribution >= 0.6 is 41.0 Å². The van der Waals surface area contributed by atoms with Crippen molar-refractivity contribution in [3.8, 4) is 5.75 Å². The van der Waals surface area contributed by atoms with Gasteiger partial charge < -0.3 is 15.3 Å². The van der Waals surface area contributed by atoms with Gasteiger partial charge in [0.15, 0.2) is 0 Å². The van der Waals surface area contributed by atoms with Gasteiger partial charge in [-0.15, -0.1) is 41.0 Å². The molecule has 1 aromatic rings. The van der Waals surface area contributed by atoms with Crippen molar-refractivity contribution >= 4 is 215 Å². The van der Waals surface area contributed by atoms with E-state index < -0.39 is 23.3 Å². The molecule has 0 saturated heterocycles. The molecule has 0 aliphatic carbocycles. The van der Waals surface area contributed by atoms with Crippen molar-refractivity contribution in [2.45, 2.75) is 6.92 Å². The summed E-state index contributed by atoms with van der Waals surface area (Å²) in [7, 11) is 0. The number of aromatic hydroxyl groups is 1. The number of rotatable bonds is 2. The number of halogens is 2.